The molecule has 5 rings (SSSR count). The first-order valence-electron chi connectivity index (χ1n) is 16.2. The van der Waals surface area contributed by atoms with Crippen molar-refractivity contribution in [1.82, 2.24) is 0 Å². The van der Waals surface area contributed by atoms with Crippen LogP contribution in [0.4, 0.5) is 0 Å². The van der Waals surface area contributed by atoms with E-state index in [1.165, 1.54) is 44.4 Å². The molecule has 0 aromatic heterocycles. The van der Waals surface area contributed by atoms with E-state index in [-0.39, 0.29) is 17.9 Å². The molecule has 0 radical (unpaired) electrons. The number of ether oxygens (including phenoxy) is 11. The molecule has 1 aromatic carbocycles. The summed E-state index contributed by atoms with van der Waals surface area (Å²) in [6, 6.07) is 5.70. The van der Waals surface area contributed by atoms with Gasteiger partial charge in [0.1, 0.15) is 42.9 Å². The molecule has 0 N–H and O–H groups in total. The maximum Gasteiger partial charge on any atom is 0.338 e. The van der Waals surface area contributed by atoms with Crippen molar-refractivity contribution in [2.24, 2.45) is 11.8 Å². The monoisotopic (exact) mass is 734 g/mol. The lowest BCUT2D eigenvalue weighted by atomic mass is 9.85. The van der Waals surface area contributed by atoms with Crippen molar-refractivity contribution in [3.8, 4) is 5.75 Å². The van der Waals surface area contributed by atoms with E-state index in [0.717, 1.165) is 27.7 Å². The first-order chi connectivity index (χ1) is 24.6. The summed E-state index contributed by atoms with van der Waals surface area (Å²) in [7, 11) is 0. The predicted molar refractivity (Wildman–Crippen MR) is 165 cm³/mol. The number of carbonyl (C=O) groups is 7. The molecule has 1 aromatic rings. The number of epoxide rings is 1. The van der Waals surface area contributed by atoms with Gasteiger partial charge >= 0.3 is 41.8 Å². The molecule has 18 nitrogen and oxygen atoms in total. The van der Waals surface area contributed by atoms with Crippen molar-refractivity contribution in [2.45, 2.75) is 96.3 Å². The van der Waals surface area contributed by atoms with Gasteiger partial charge in [-0.3, -0.25) is 28.8 Å². The van der Waals surface area contributed by atoms with Gasteiger partial charge in [-0.1, -0.05) is 0 Å². The molecule has 282 valence electrons. The summed E-state index contributed by atoms with van der Waals surface area (Å²) < 4.78 is 62.3. The summed E-state index contributed by atoms with van der Waals surface area (Å²) in [5.41, 5.74) is -1.14. The quantitative estimate of drug-likeness (QED) is 0.127. The van der Waals surface area contributed by atoms with Crippen LogP contribution in [0.1, 0.15) is 51.9 Å². The first kappa shape index (κ1) is 38.2. The molecule has 1 aliphatic carbocycles. The number of fused-ring (bicyclic) bond motifs is 3. The Morgan fingerprint density at radius 2 is 1.29 bits per heavy atom. The lowest BCUT2D eigenvalue weighted by molar-refractivity contribution is -0.346. The number of carbonyl (C=O) groups excluding carboxylic acids is 7. The maximum absolute atomic E-state index is 13.3. The van der Waals surface area contributed by atoms with Gasteiger partial charge in [0.15, 0.2) is 18.3 Å². The second kappa shape index (κ2) is 15.7. The Labute approximate surface area is 296 Å². The summed E-state index contributed by atoms with van der Waals surface area (Å²) in [5.74, 6) is -6.33. The highest BCUT2D eigenvalue weighted by atomic mass is 16.8. The summed E-state index contributed by atoms with van der Waals surface area (Å²) in [4.78, 5) is 85.0. The largest absolute Gasteiger partial charge is 0.472 e. The van der Waals surface area contributed by atoms with Crippen LogP contribution in [0.5, 0.6) is 5.75 Å². The average Bonchev–Trinajstić information content (AvgIpc) is 3.72. The molecule has 0 amide bonds. The van der Waals surface area contributed by atoms with E-state index in [9.17, 15) is 33.6 Å². The minimum atomic E-state index is -1.61. The molecule has 3 fully saturated rings. The SMILES string of the molecule is CC(=O)OCC1OC(OC2OC=CC3C(OC(=O)c4ccc(OC(C)=O)cc4)C4OC4(COC(C)=O)C23)C(OC(C)=O)C(OC(C)=O)C1OC(C)=O. The standard InChI is InChI=1S/C34H38O18/c1-15(35)43-13-24-27(46-18(4)38)28(47-19(5)39)29(48-20(6)40)33(49-24)51-32-25-23(11-12-42-32)26(30-34(25,52-30)14-44-16(2)36)50-31(41)21-7-9-22(10-8-21)45-17(3)37/h7-12,23-30,32-33H,13-14H2,1-6H3. The van der Waals surface area contributed by atoms with Crippen LogP contribution in [-0.2, 0) is 76.1 Å². The first-order valence-corrected chi connectivity index (χ1v) is 16.2. The summed E-state index contributed by atoms with van der Waals surface area (Å²) in [6.45, 7) is 6.08. The predicted octanol–water partition coefficient (Wildman–Crippen LogP) is 1.05. The van der Waals surface area contributed by atoms with Gasteiger partial charge < -0.3 is 52.1 Å². The van der Waals surface area contributed by atoms with Crippen LogP contribution in [0.25, 0.3) is 0 Å². The van der Waals surface area contributed by atoms with Crippen molar-refractivity contribution >= 4 is 41.8 Å². The molecule has 4 aliphatic rings. The van der Waals surface area contributed by atoms with Crippen LogP contribution in [0.15, 0.2) is 36.6 Å². The van der Waals surface area contributed by atoms with Gasteiger partial charge in [0, 0.05) is 47.5 Å². The Morgan fingerprint density at radius 3 is 1.88 bits per heavy atom. The van der Waals surface area contributed by atoms with Gasteiger partial charge in [-0.2, -0.15) is 0 Å². The topological polar surface area (TPSA) is 224 Å². The second-order valence-electron chi connectivity index (χ2n) is 12.4. The highest BCUT2D eigenvalue weighted by molar-refractivity contribution is 5.90. The molecule has 3 aliphatic heterocycles. The lowest BCUT2D eigenvalue weighted by Gasteiger charge is -2.46. The Bertz CT molecular complexity index is 1600. The van der Waals surface area contributed by atoms with Crippen molar-refractivity contribution in [2.75, 3.05) is 13.2 Å². The fourth-order valence-corrected chi connectivity index (χ4v) is 6.62. The van der Waals surface area contributed by atoms with Crippen LogP contribution in [0.3, 0.4) is 0 Å². The third-order valence-corrected chi connectivity index (χ3v) is 8.55. The molecular formula is C34H38O18. The number of hydrogen-bond acceptors (Lipinski definition) is 18. The highest BCUT2D eigenvalue weighted by Gasteiger charge is 2.78. The number of hydrogen-bond donors (Lipinski definition) is 0. The molecule has 11 atom stereocenters. The van der Waals surface area contributed by atoms with Crippen LogP contribution in [0.2, 0.25) is 0 Å². The second-order valence-corrected chi connectivity index (χ2v) is 12.4. The van der Waals surface area contributed by atoms with Gasteiger partial charge in [-0.25, -0.2) is 4.79 Å². The Kier molecular flexibility index (Phi) is 11.5. The van der Waals surface area contributed by atoms with Crippen LogP contribution in [-0.4, -0.2) is 110 Å². The third-order valence-electron chi connectivity index (χ3n) is 8.55. The van der Waals surface area contributed by atoms with Gasteiger partial charge in [0.05, 0.1) is 17.7 Å². The molecule has 0 bridgehead atoms. The molecule has 0 spiro atoms. The van der Waals surface area contributed by atoms with Gasteiger partial charge in [-0.15, -0.1) is 0 Å². The summed E-state index contributed by atoms with van der Waals surface area (Å²) >= 11 is 0. The van der Waals surface area contributed by atoms with E-state index in [0.29, 0.717) is 0 Å². The van der Waals surface area contributed by atoms with Crippen LogP contribution >= 0.6 is 0 Å². The number of benzene rings is 1. The molecule has 2 saturated heterocycles. The van der Waals surface area contributed by atoms with E-state index in [2.05, 4.69) is 0 Å². The van der Waals surface area contributed by atoms with E-state index >= 15 is 0 Å². The smallest absolute Gasteiger partial charge is 0.338 e. The van der Waals surface area contributed by atoms with Crippen molar-refractivity contribution < 1.29 is 85.7 Å². The van der Waals surface area contributed by atoms with Crippen LogP contribution < -0.4 is 4.74 Å². The van der Waals surface area contributed by atoms with Crippen LogP contribution in [0, 0.1) is 11.8 Å². The number of rotatable bonds is 12. The van der Waals surface area contributed by atoms with E-state index in [4.69, 9.17) is 52.1 Å². The molecule has 18 heteroatoms. The zero-order valence-corrected chi connectivity index (χ0v) is 29.0. The van der Waals surface area contributed by atoms with E-state index < -0.39 is 115 Å². The zero-order chi connectivity index (χ0) is 37.9. The minimum Gasteiger partial charge on any atom is -0.472 e. The Hall–Kier alpha value is -5.07. The zero-order valence-electron chi connectivity index (χ0n) is 29.0. The molecule has 1 saturated carbocycles. The summed E-state index contributed by atoms with van der Waals surface area (Å²) in [5, 5.41) is 0. The van der Waals surface area contributed by atoms with Gasteiger partial charge in [0.25, 0.3) is 0 Å². The fourth-order valence-electron chi connectivity index (χ4n) is 6.62. The van der Waals surface area contributed by atoms with Gasteiger partial charge in [0.2, 0.25) is 12.6 Å². The van der Waals surface area contributed by atoms with Crippen molar-refractivity contribution in [1.29, 1.82) is 0 Å². The lowest BCUT2D eigenvalue weighted by Crippen LogP contribution is -2.64. The Morgan fingerprint density at radius 1 is 0.673 bits per heavy atom. The highest BCUT2D eigenvalue weighted by Crippen LogP contribution is 2.61. The van der Waals surface area contributed by atoms with Crippen molar-refractivity contribution in [3.05, 3.63) is 42.2 Å². The number of esters is 7. The molecule has 52 heavy (non-hydrogen) atoms. The Balaban J connectivity index is 1.45. The normalized spacial score (nSPS) is 32.4. The fraction of sp³-hybridized carbons (Fsp3) is 0.559. The van der Waals surface area contributed by atoms with E-state index in [1.807, 2.05) is 0 Å². The molecular weight excluding hydrogens is 696 g/mol. The molecule has 11 unspecified atom stereocenters. The van der Waals surface area contributed by atoms with Gasteiger partial charge in [-0.05, 0) is 30.3 Å². The summed E-state index contributed by atoms with van der Waals surface area (Å²) in [6.07, 6.45) is -7.53. The van der Waals surface area contributed by atoms with E-state index in [1.54, 1.807) is 6.08 Å². The minimum absolute atomic E-state index is 0.145. The third kappa shape index (κ3) is 8.51. The van der Waals surface area contributed by atoms with Crippen molar-refractivity contribution in [3.63, 3.8) is 0 Å². The molecule has 3 heterocycles. The average molecular weight is 735 g/mol. The maximum atomic E-state index is 13.3.